The van der Waals surface area contributed by atoms with E-state index in [1.165, 1.54) is 0 Å². The van der Waals surface area contributed by atoms with Crippen LogP contribution in [-0.4, -0.2) is 31.1 Å². The minimum atomic E-state index is -0.646. The van der Waals surface area contributed by atoms with Crippen LogP contribution in [0, 0.1) is 0 Å². The van der Waals surface area contributed by atoms with E-state index < -0.39 is 12.3 Å². The number of hydrogen-bond acceptors (Lipinski definition) is 5. The van der Waals surface area contributed by atoms with E-state index in [2.05, 4.69) is 10.0 Å². The van der Waals surface area contributed by atoms with Gasteiger partial charge in [-0.1, -0.05) is 96.1 Å². The van der Waals surface area contributed by atoms with E-state index in [1.54, 1.807) is 0 Å². The third kappa shape index (κ3) is 7.15. The third-order valence-electron chi connectivity index (χ3n) is 5.66. The molecule has 3 aromatic carbocycles. The zero-order chi connectivity index (χ0) is 23.4. The molecule has 176 valence electrons. The smallest absolute Gasteiger partial charge is 0.139 e. The van der Waals surface area contributed by atoms with Crippen molar-refractivity contribution in [3.8, 4) is 0 Å². The van der Waals surface area contributed by atoms with E-state index in [-0.39, 0.29) is 18.8 Å². The van der Waals surface area contributed by atoms with Gasteiger partial charge in [0, 0.05) is 11.3 Å². The highest BCUT2D eigenvalue weighted by Gasteiger charge is 2.40. The van der Waals surface area contributed by atoms with Crippen LogP contribution in [0.3, 0.4) is 0 Å². The minimum absolute atomic E-state index is 0.289. The van der Waals surface area contributed by atoms with E-state index in [0.717, 1.165) is 16.7 Å². The standard InChI is InChI=1S/C27H29N3O4/c28-30-29-26-16-24(32-18-22-12-6-2-7-13-22)27(33-19-23-14-8-3-9-15-23)25(34-26)20-31-17-21-10-4-1-5-11-21/h1-15,24-27H,16-20H2/t24-,25-,26+,27+/m1/s1. The number of benzene rings is 3. The van der Waals surface area contributed by atoms with Crippen LogP contribution in [-0.2, 0) is 38.8 Å². The Bertz CT molecular complexity index is 1030. The van der Waals surface area contributed by atoms with Gasteiger partial charge >= 0.3 is 0 Å². The number of ether oxygens (including phenoxy) is 4. The summed E-state index contributed by atoms with van der Waals surface area (Å²) in [5.41, 5.74) is 12.2. The average Bonchev–Trinajstić information content (AvgIpc) is 2.89. The summed E-state index contributed by atoms with van der Waals surface area (Å²) in [7, 11) is 0. The minimum Gasteiger partial charge on any atom is -0.374 e. The van der Waals surface area contributed by atoms with Crippen molar-refractivity contribution in [2.75, 3.05) is 6.61 Å². The molecule has 1 aliphatic heterocycles. The highest BCUT2D eigenvalue weighted by molar-refractivity contribution is 5.15. The van der Waals surface area contributed by atoms with Crippen LogP contribution in [0.25, 0.3) is 10.4 Å². The van der Waals surface area contributed by atoms with Crippen molar-refractivity contribution >= 4 is 0 Å². The van der Waals surface area contributed by atoms with E-state index in [4.69, 9.17) is 24.5 Å². The summed E-state index contributed by atoms with van der Waals surface area (Å²) in [5, 5.41) is 3.83. The fourth-order valence-electron chi connectivity index (χ4n) is 3.96. The SMILES string of the molecule is [N-]=[N+]=N[C@@H]1C[C@@H](OCc2ccccc2)[C@H](OCc2ccccc2)[C@@H](COCc2ccccc2)O1. The Labute approximate surface area is 199 Å². The summed E-state index contributed by atoms with van der Waals surface area (Å²) < 4.78 is 24.7. The first-order valence-corrected chi connectivity index (χ1v) is 11.4. The Kier molecular flexibility index (Phi) is 9.08. The van der Waals surface area contributed by atoms with Crippen molar-refractivity contribution < 1.29 is 18.9 Å². The van der Waals surface area contributed by atoms with Gasteiger partial charge in [-0.15, -0.1) is 0 Å². The van der Waals surface area contributed by atoms with Gasteiger partial charge in [0.15, 0.2) is 0 Å². The number of hydrogen-bond donors (Lipinski definition) is 0. The predicted molar refractivity (Wildman–Crippen MR) is 129 cm³/mol. The van der Waals surface area contributed by atoms with Crippen LogP contribution in [0.1, 0.15) is 23.1 Å². The molecule has 7 heteroatoms. The molecule has 7 nitrogen and oxygen atoms in total. The zero-order valence-electron chi connectivity index (χ0n) is 19.0. The van der Waals surface area contributed by atoms with Crippen molar-refractivity contribution in [1.82, 2.24) is 0 Å². The molecule has 1 saturated heterocycles. The first-order valence-electron chi connectivity index (χ1n) is 11.4. The van der Waals surface area contributed by atoms with Crippen molar-refractivity contribution in [3.63, 3.8) is 0 Å². The Morgan fingerprint density at radius 2 is 1.29 bits per heavy atom. The van der Waals surface area contributed by atoms with Crippen LogP contribution in [0.15, 0.2) is 96.1 Å². The maximum Gasteiger partial charge on any atom is 0.139 e. The zero-order valence-corrected chi connectivity index (χ0v) is 19.0. The molecule has 0 aromatic heterocycles. The van der Waals surface area contributed by atoms with Gasteiger partial charge in [0.1, 0.15) is 18.4 Å². The summed E-state index contributed by atoms with van der Waals surface area (Å²) in [6, 6.07) is 29.9. The van der Waals surface area contributed by atoms with Gasteiger partial charge in [-0.05, 0) is 22.2 Å². The molecule has 4 atom stereocenters. The summed E-state index contributed by atoms with van der Waals surface area (Å²) >= 11 is 0. The van der Waals surface area contributed by atoms with Crippen LogP contribution < -0.4 is 0 Å². The second-order valence-corrected chi connectivity index (χ2v) is 8.17. The number of rotatable bonds is 11. The largest absolute Gasteiger partial charge is 0.374 e. The van der Waals surface area contributed by atoms with Crippen LogP contribution in [0.4, 0.5) is 0 Å². The first kappa shape index (κ1) is 24.0. The van der Waals surface area contributed by atoms with E-state index in [9.17, 15) is 0 Å². The monoisotopic (exact) mass is 459 g/mol. The molecule has 0 unspecified atom stereocenters. The molecule has 0 amide bonds. The second kappa shape index (κ2) is 12.9. The molecule has 1 fully saturated rings. The summed E-state index contributed by atoms with van der Waals surface area (Å²) in [5.74, 6) is 0. The Morgan fingerprint density at radius 1 is 0.765 bits per heavy atom. The molecule has 0 bridgehead atoms. The van der Waals surface area contributed by atoms with Crippen LogP contribution >= 0.6 is 0 Å². The topological polar surface area (TPSA) is 85.7 Å². The number of azide groups is 1. The number of nitrogens with zero attached hydrogens (tertiary/aromatic N) is 3. The molecule has 0 spiro atoms. The summed E-state index contributed by atoms with van der Waals surface area (Å²) in [6.07, 6.45) is -1.39. The average molecular weight is 460 g/mol. The van der Waals surface area contributed by atoms with Gasteiger partial charge in [0.05, 0.1) is 32.5 Å². The Hall–Kier alpha value is -3.19. The van der Waals surface area contributed by atoms with E-state index in [0.29, 0.717) is 26.2 Å². The van der Waals surface area contributed by atoms with Crippen molar-refractivity contribution in [1.29, 1.82) is 0 Å². The third-order valence-corrected chi connectivity index (χ3v) is 5.66. The van der Waals surface area contributed by atoms with Crippen LogP contribution in [0.2, 0.25) is 0 Å². The van der Waals surface area contributed by atoms with Gasteiger partial charge < -0.3 is 18.9 Å². The lowest BCUT2D eigenvalue weighted by Crippen LogP contribution is -2.52. The molecule has 1 heterocycles. The lowest BCUT2D eigenvalue weighted by Gasteiger charge is -2.40. The highest BCUT2D eigenvalue weighted by atomic mass is 16.6. The maximum absolute atomic E-state index is 9.02. The molecule has 1 aliphatic rings. The van der Waals surface area contributed by atoms with Crippen LogP contribution in [0.5, 0.6) is 0 Å². The Morgan fingerprint density at radius 3 is 1.85 bits per heavy atom. The second-order valence-electron chi connectivity index (χ2n) is 8.17. The summed E-state index contributed by atoms with van der Waals surface area (Å²) in [6.45, 7) is 1.59. The van der Waals surface area contributed by atoms with Crippen molar-refractivity contribution in [2.45, 2.75) is 50.8 Å². The van der Waals surface area contributed by atoms with Gasteiger partial charge in [0.2, 0.25) is 0 Å². The molecule has 3 aromatic rings. The van der Waals surface area contributed by atoms with Gasteiger partial charge in [-0.3, -0.25) is 0 Å². The normalized spacial score (nSPS) is 22.1. The quantitative estimate of drug-likeness (QED) is 0.206. The lowest BCUT2D eigenvalue weighted by molar-refractivity contribution is -0.219. The molecule has 0 saturated carbocycles. The lowest BCUT2D eigenvalue weighted by atomic mass is 10.00. The molecule has 0 aliphatic carbocycles. The van der Waals surface area contributed by atoms with Gasteiger partial charge in [0.25, 0.3) is 0 Å². The molecule has 0 N–H and O–H groups in total. The molecule has 4 rings (SSSR count). The molecular formula is C27H29N3O4. The fraction of sp³-hybridized carbons (Fsp3) is 0.333. The van der Waals surface area contributed by atoms with E-state index >= 15 is 0 Å². The van der Waals surface area contributed by atoms with Crippen molar-refractivity contribution in [3.05, 3.63) is 118 Å². The summed E-state index contributed by atoms with van der Waals surface area (Å²) in [4.78, 5) is 2.96. The molecule has 0 radical (unpaired) electrons. The fourth-order valence-corrected chi connectivity index (χ4v) is 3.96. The van der Waals surface area contributed by atoms with Gasteiger partial charge in [-0.2, -0.15) is 0 Å². The molecular weight excluding hydrogens is 430 g/mol. The van der Waals surface area contributed by atoms with E-state index in [1.807, 2.05) is 91.0 Å². The van der Waals surface area contributed by atoms with Gasteiger partial charge in [-0.25, -0.2) is 0 Å². The highest BCUT2D eigenvalue weighted by Crippen LogP contribution is 2.28. The van der Waals surface area contributed by atoms with Crippen molar-refractivity contribution in [2.24, 2.45) is 5.11 Å². The maximum atomic E-state index is 9.02. The first-order chi connectivity index (χ1) is 16.8. The predicted octanol–water partition coefficient (Wildman–Crippen LogP) is 5.80. The molecule has 34 heavy (non-hydrogen) atoms. The Balaban J connectivity index is 1.47.